The summed E-state index contributed by atoms with van der Waals surface area (Å²) in [5.41, 5.74) is 1.90. The van der Waals surface area contributed by atoms with Crippen LogP contribution in [-0.2, 0) is 21.4 Å². The highest BCUT2D eigenvalue weighted by Gasteiger charge is 2.53. The molecule has 12 heteroatoms. The number of amides is 1. The molecule has 0 spiro atoms. The third-order valence-corrected chi connectivity index (χ3v) is 6.71. The van der Waals surface area contributed by atoms with Gasteiger partial charge in [0.25, 0.3) is 12.0 Å². The molecule has 4 N–H and O–H groups in total. The van der Waals surface area contributed by atoms with E-state index in [-0.39, 0.29) is 23.1 Å². The van der Waals surface area contributed by atoms with Crippen LogP contribution in [0.4, 0.5) is 8.78 Å². The lowest BCUT2D eigenvalue weighted by molar-refractivity contribution is -0.113. The Kier molecular flexibility index (Phi) is 6.14. The number of nitrogens with zero attached hydrogens (tertiary/aromatic N) is 1. The predicted octanol–water partition coefficient (Wildman–Crippen LogP) is 0.833. The smallest absolute Gasteiger partial charge is 0.328 e. The number of carbonyl (C=O) groups is 1. The Balaban J connectivity index is 0.000000491. The number of rotatable bonds is 7. The van der Waals surface area contributed by atoms with Crippen LogP contribution in [-0.4, -0.2) is 35.8 Å². The van der Waals surface area contributed by atoms with Crippen molar-refractivity contribution >= 4 is 26.8 Å². The van der Waals surface area contributed by atoms with Crippen molar-refractivity contribution in [2.75, 3.05) is 0 Å². The third kappa shape index (κ3) is 5.07. The van der Waals surface area contributed by atoms with Crippen LogP contribution in [0.25, 0.3) is 10.9 Å². The first-order valence-corrected chi connectivity index (χ1v) is 11.0. The van der Waals surface area contributed by atoms with E-state index in [0.29, 0.717) is 18.0 Å². The monoisotopic (exact) mass is 456 g/mol. The van der Waals surface area contributed by atoms with Crippen molar-refractivity contribution in [1.29, 1.82) is 0 Å². The minimum absolute atomic E-state index is 0.0371. The highest BCUT2D eigenvalue weighted by Crippen LogP contribution is 2.42. The van der Waals surface area contributed by atoms with E-state index in [0.717, 1.165) is 25.0 Å². The maximum Gasteiger partial charge on any atom is 0.328 e. The Hall–Kier alpha value is -2.86. The zero-order valence-corrected chi connectivity index (χ0v) is 17.3. The number of fused-ring (bicyclic) bond motifs is 1. The second-order valence-corrected chi connectivity index (χ2v) is 9.34. The average Bonchev–Trinajstić information content (AvgIpc) is 3.61. The number of alkyl halides is 2. The number of sulfonamides is 1. The molecule has 2 aliphatic rings. The highest BCUT2D eigenvalue weighted by molar-refractivity contribution is 7.89. The zero-order valence-electron chi connectivity index (χ0n) is 16.4. The quantitative estimate of drug-likeness (QED) is 0.529. The molecule has 0 atom stereocenters. The van der Waals surface area contributed by atoms with E-state index >= 15 is 0 Å². The SMILES string of the molecule is C=CC(N)=O.O=c1[nH]c(=O)n(CC2CC2)c2ccc(S(=O)(=O)NC3(C(F)F)CC3)cc12. The molecule has 0 radical (unpaired) electrons. The molecule has 2 aromatic rings. The van der Waals surface area contributed by atoms with Crippen LogP contribution in [0.5, 0.6) is 0 Å². The number of nitrogens with two attached hydrogens (primary N) is 1. The second-order valence-electron chi connectivity index (χ2n) is 7.66. The molecule has 0 unspecified atom stereocenters. The van der Waals surface area contributed by atoms with Gasteiger partial charge >= 0.3 is 5.69 Å². The number of hydrogen-bond donors (Lipinski definition) is 3. The molecule has 2 saturated carbocycles. The molecule has 1 heterocycles. The van der Waals surface area contributed by atoms with Gasteiger partial charge < -0.3 is 5.73 Å². The van der Waals surface area contributed by atoms with Crippen LogP contribution < -0.4 is 21.7 Å². The molecule has 0 saturated heterocycles. The van der Waals surface area contributed by atoms with Crippen molar-refractivity contribution in [2.24, 2.45) is 11.7 Å². The molecular formula is C19H22F2N4O5S. The molecule has 9 nitrogen and oxygen atoms in total. The Morgan fingerprint density at radius 2 is 1.97 bits per heavy atom. The van der Waals surface area contributed by atoms with Crippen molar-refractivity contribution in [1.82, 2.24) is 14.3 Å². The van der Waals surface area contributed by atoms with Crippen molar-refractivity contribution in [3.8, 4) is 0 Å². The molecule has 2 fully saturated rings. The number of H-pyrrole nitrogens is 1. The summed E-state index contributed by atoms with van der Waals surface area (Å²) in [7, 11) is -4.21. The van der Waals surface area contributed by atoms with E-state index in [1.807, 2.05) is 0 Å². The molecular weight excluding hydrogens is 434 g/mol. The van der Waals surface area contributed by atoms with E-state index in [1.165, 1.54) is 16.7 Å². The fourth-order valence-corrected chi connectivity index (χ4v) is 4.47. The second kappa shape index (κ2) is 8.35. The summed E-state index contributed by atoms with van der Waals surface area (Å²) in [5.74, 6) is -0.113. The van der Waals surface area contributed by atoms with Gasteiger partial charge in [-0.3, -0.25) is 19.1 Å². The standard InChI is InChI=1S/C16H17F2N3O4S.C3H5NO/c17-14(18)16(5-6-16)20-26(24,25)10-3-4-12-11(7-10)13(22)19-15(23)21(12)8-9-1-2-9;1-2-3(4)5/h3-4,7,9,14,20H,1-2,5-6,8H2,(H,19,22,23);2H,1H2,(H2,4,5). The lowest BCUT2D eigenvalue weighted by Gasteiger charge is -2.17. The van der Waals surface area contributed by atoms with Gasteiger partial charge in [0.15, 0.2) is 0 Å². The van der Waals surface area contributed by atoms with Gasteiger partial charge in [0.05, 0.1) is 21.3 Å². The normalized spacial score (nSPS) is 17.1. The lowest BCUT2D eigenvalue weighted by Crippen LogP contribution is -2.42. The zero-order chi connectivity index (χ0) is 23.0. The molecule has 2 aliphatic carbocycles. The molecule has 1 amide bonds. The fourth-order valence-electron chi connectivity index (χ4n) is 3.01. The van der Waals surface area contributed by atoms with Crippen molar-refractivity contribution in [2.45, 2.75) is 49.1 Å². The van der Waals surface area contributed by atoms with Crippen LogP contribution >= 0.6 is 0 Å². The Morgan fingerprint density at radius 3 is 2.45 bits per heavy atom. The fraction of sp³-hybridized carbons (Fsp3) is 0.421. The van der Waals surface area contributed by atoms with Gasteiger partial charge in [0, 0.05) is 6.54 Å². The van der Waals surface area contributed by atoms with Crippen LogP contribution in [0, 0.1) is 5.92 Å². The maximum atomic E-state index is 13.0. The van der Waals surface area contributed by atoms with E-state index in [9.17, 15) is 31.6 Å². The number of primary amides is 1. The number of aromatic amines is 1. The van der Waals surface area contributed by atoms with Gasteiger partial charge in [-0.05, 0) is 55.9 Å². The molecule has 1 aromatic carbocycles. The van der Waals surface area contributed by atoms with Crippen molar-refractivity contribution in [3.63, 3.8) is 0 Å². The van der Waals surface area contributed by atoms with Crippen LogP contribution in [0.15, 0.2) is 45.3 Å². The van der Waals surface area contributed by atoms with E-state index in [2.05, 4.69) is 22.0 Å². The molecule has 31 heavy (non-hydrogen) atoms. The predicted molar refractivity (Wildman–Crippen MR) is 109 cm³/mol. The Morgan fingerprint density at radius 1 is 1.35 bits per heavy atom. The molecule has 1 aromatic heterocycles. The summed E-state index contributed by atoms with van der Waals surface area (Å²) < 4.78 is 54.5. The summed E-state index contributed by atoms with van der Waals surface area (Å²) in [6.45, 7) is 3.54. The van der Waals surface area contributed by atoms with Gasteiger partial charge in [-0.15, -0.1) is 0 Å². The maximum absolute atomic E-state index is 13.0. The first-order valence-electron chi connectivity index (χ1n) is 9.50. The van der Waals surface area contributed by atoms with Gasteiger partial charge in [-0.25, -0.2) is 22.0 Å². The third-order valence-electron chi connectivity index (χ3n) is 5.16. The summed E-state index contributed by atoms with van der Waals surface area (Å²) >= 11 is 0. The van der Waals surface area contributed by atoms with E-state index < -0.39 is 39.1 Å². The van der Waals surface area contributed by atoms with Gasteiger partial charge in [-0.2, -0.15) is 4.72 Å². The molecule has 0 aliphatic heterocycles. The van der Waals surface area contributed by atoms with Gasteiger partial charge in [0.1, 0.15) is 0 Å². The Bertz CT molecular complexity index is 1240. The van der Waals surface area contributed by atoms with E-state index in [1.54, 1.807) is 0 Å². The summed E-state index contributed by atoms with van der Waals surface area (Å²) in [6, 6.07) is 3.74. The largest absolute Gasteiger partial charge is 0.366 e. The first-order chi connectivity index (χ1) is 14.5. The molecule has 4 rings (SSSR count). The summed E-state index contributed by atoms with van der Waals surface area (Å²) in [4.78, 5) is 35.6. The van der Waals surface area contributed by atoms with E-state index in [4.69, 9.17) is 0 Å². The number of nitrogens with one attached hydrogen (secondary N) is 2. The van der Waals surface area contributed by atoms with Crippen molar-refractivity contribution in [3.05, 3.63) is 51.7 Å². The lowest BCUT2D eigenvalue weighted by atomic mass is 10.2. The number of benzene rings is 1. The van der Waals surface area contributed by atoms with Gasteiger partial charge in [0.2, 0.25) is 15.9 Å². The molecule has 0 bridgehead atoms. The topological polar surface area (TPSA) is 144 Å². The number of halogens is 2. The van der Waals surface area contributed by atoms with Crippen LogP contribution in [0.1, 0.15) is 25.7 Å². The minimum atomic E-state index is -4.21. The number of carbonyl (C=O) groups excluding carboxylic acids is 1. The number of hydrogen-bond acceptors (Lipinski definition) is 5. The number of aromatic nitrogens is 2. The molecule has 168 valence electrons. The minimum Gasteiger partial charge on any atom is -0.366 e. The van der Waals surface area contributed by atoms with Crippen LogP contribution in [0.3, 0.4) is 0 Å². The Labute approximate surface area is 176 Å². The van der Waals surface area contributed by atoms with Crippen LogP contribution in [0.2, 0.25) is 0 Å². The van der Waals surface area contributed by atoms with Crippen molar-refractivity contribution < 1.29 is 22.0 Å². The highest BCUT2D eigenvalue weighted by atomic mass is 32.2. The summed E-state index contributed by atoms with van der Waals surface area (Å²) in [6.07, 6.45) is 0.390. The first kappa shape index (κ1) is 22.8. The van der Waals surface area contributed by atoms with Gasteiger partial charge in [-0.1, -0.05) is 6.58 Å². The average molecular weight is 456 g/mol. The summed E-state index contributed by atoms with van der Waals surface area (Å²) in [5, 5.41) is 0.0371.